The van der Waals surface area contributed by atoms with Crippen LogP contribution in [0.15, 0.2) is 28.1 Å². The van der Waals surface area contributed by atoms with Crippen molar-refractivity contribution in [1.82, 2.24) is 14.6 Å². The van der Waals surface area contributed by atoms with E-state index in [2.05, 4.69) is 38.3 Å². The predicted molar refractivity (Wildman–Crippen MR) is 131 cm³/mol. The molecule has 3 N–H and O–H groups in total. The molecule has 1 atom stereocenters. The number of hydrogen-bond acceptors (Lipinski definition) is 6. The summed E-state index contributed by atoms with van der Waals surface area (Å²) in [5, 5.41) is 8.59. The fraction of sp³-hybridized carbons (Fsp3) is 0.273. The first-order valence-electron chi connectivity index (χ1n) is 10.5. The Kier molecular flexibility index (Phi) is 5.96. The Morgan fingerprint density at radius 1 is 1.34 bits per heavy atom. The number of primary amides is 1. The van der Waals surface area contributed by atoms with Crippen molar-refractivity contribution in [2.75, 3.05) is 5.32 Å². The highest BCUT2D eigenvalue weighted by Gasteiger charge is 2.37. The SMILES string of the molecule is C[C@H]1CCc2c(sc(NC(=O)c3nn4c(C(F)(F)F)cc(-c5cccs5)nc4c3Br)c2C(N)=O)C1. The average Bonchev–Trinajstić information content (AvgIpc) is 3.50. The van der Waals surface area contributed by atoms with Gasteiger partial charge in [-0.25, -0.2) is 9.50 Å². The van der Waals surface area contributed by atoms with E-state index >= 15 is 0 Å². The Bertz CT molecular complexity index is 1480. The fourth-order valence-electron chi connectivity index (χ4n) is 4.15. The van der Waals surface area contributed by atoms with Gasteiger partial charge < -0.3 is 11.1 Å². The summed E-state index contributed by atoms with van der Waals surface area (Å²) in [5.41, 5.74) is 5.29. The van der Waals surface area contributed by atoms with Crippen LogP contribution in [0.5, 0.6) is 0 Å². The summed E-state index contributed by atoms with van der Waals surface area (Å²) < 4.78 is 42.3. The maximum atomic E-state index is 13.9. The molecule has 182 valence electrons. The number of fused-ring (bicyclic) bond motifs is 2. The Morgan fingerprint density at radius 3 is 2.77 bits per heavy atom. The Labute approximate surface area is 213 Å². The number of halogens is 4. The molecule has 5 rings (SSSR count). The van der Waals surface area contributed by atoms with E-state index in [1.165, 1.54) is 22.7 Å². The third-order valence-corrected chi connectivity index (χ3v) is 8.59. The van der Waals surface area contributed by atoms with Gasteiger partial charge in [0.25, 0.3) is 11.8 Å². The van der Waals surface area contributed by atoms with E-state index in [4.69, 9.17) is 5.73 Å². The Hall–Kier alpha value is -2.77. The summed E-state index contributed by atoms with van der Waals surface area (Å²) in [6, 6.07) is 4.27. The van der Waals surface area contributed by atoms with Crippen molar-refractivity contribution in [3.8, 4) is 10.6 Å². The van der Waals surface area contributed by atoms with Gasteiger partial charge in [0.05, 0.1) is 20.6 Å². The van der Waals surface area contributed by atoms with Crippen molar-refractivity contribution in [2.24, 2.45) is 11.7 Å². The van der Waals surface area contributed by atoms with Crippen LogP contribution in [-0.4, -0.2) is 26.4 Å². The zero-order valence-corrected chi connectivity index (χ0v) is 21.3. The third kappa shape index (κ3) is 4.25. The Morgan fingerprint density at radius 2 is 2.11 bits per heavy atom. The van der Waals surface area contributed by atoms with Crippen LogP contribution < -0.4 is 11.1 Å². The molecule has 7 nitrogen and oxygen atoms in total. The molecule has 1 aliphatic carbocycles. The quantitative estimate of drug-likeness (QED) is 0.318. The number of nitrogens with one attached hydrogen (secondary N) is 1. The smallest absolute Gasteiger partial charge is 0.365 e. The second-order valence-electron chi connectivity index (χ2n) is 8.27. The number of alkyl halides is 3. The number of carbonyl (C=O) groups excluding carboxylic acids is 2. The third-order valence-electron chi connectivity index (χ3n) is 5.80. The highest BCUT2D eigenvalue weighted by Crippen LogP contribution is 2.40. The number of carbonyl (C=O) groups is 2. The van der Waals surface area contributed by atoms with E-state index < -0.39 is 23.7 Å². The maximum absolute atomic E-state index is 13.9. The zero-order valence-electron chi connectivity index (χ0n) is 18.1. The van der Waals surface area contributed by atoms with E-state index in [9.17, 15) is 22.8 Å². The molecule has 35 heavy (non-hydrogen) atoms. The normalized spacial score (nSPS) is 15.9. The molecule has 0 saturated heterocycles. The average molecular weight is 584 g/mol. The minimum atomic E-state index is -4.74. The minimum absolute atomic E-state index is 0.00877. The van der Waals surface area contributed by atoms with Gasteiger partial charge in [0.15, 0.2) is 17.0 Å². The second-order valence-corrected chi connectivity index (χ2v) is 11.1. The van der Waals surface area contributed by atoms with Gasteiger partial charge in [-0.2, -0.15) is 18.3 Å². The molecule has 0 saturated carbocycles. The van der Waals surface area contributed by atoms with Gasteiger partial charge in [0.1, 0.15) is 5.00 Å². The van der Waals surface area contributed by atoms with Gasteiger partial charge in [-0.1, -0.05) is 13.0 Å². The van der Waals surface area contributed by atoms with Crippen LogP contribution in [-0.2, 0) is 19.0 Å². The van der Waals surface area contributed by atoms with Crippen LogP contribution in [0.25, 0.3) is 16.2 Å². The summed E-state index contributed by atoms with van der Waals surface area (Å²) in [4.78, 5) is 31.2. The van der Waals surface area contributed by atoms with Crippen LogP contribution in [0, 0.1) is 5.92 Å². The summed E-state index contributed by atoms with van der Waals surface area (Å²) in [6.07, 6.45) is -2.41. The first-order valence-corrected chi connectivity index (χ1v) is 13.0. The van der Waals surface area contributed by atoms with Gasteiger partial charge >= 0.3 is 6.18 Å². The van der Waals surface area contributed by atoms with E-state index in [0.29, 0.717) is 21.7 Å². The molecular weight excluding hydrogens is 567 g/mol. The van der Waals surface area contributed by atoms with E-state index in [1.807, 2.05) is 0 Å². The summed E-state index contributed by atoms with van der Waals surface area (Å²) in [5.74, 6) is -1.01. The zero-order chi connectivity index (χ0) is 25.1. The highest BCUT2D eigenvalue weighted by molar-refractivity contribution is 9.10. The number of amides is 2. The minimum Gasteiger partial charge on any atom is -0.365 e. The lowest BCUT2D eigenvalue weighted by molar-refractivity contribution is -0.142. The number of hydrogen-bond donors (Lipinski definition) is 2. The van der Waals surface area contributed by atoms with Crippen molar-refractivity contribution in [3.63, 3.8) is 0 Å². The number of aromatic nitrogens is 3. The molecule has 4 aromatic heterocycles. The van der Waals surface area contributed by atoms with Crippen LogP contribution in [0.2, 0.25) is 0 Å². The van der Waals surface area contributed by atoms with Crippen LogP contribution in [0.4, 0.5) is 18.2 Å². The van der Waals surface area contributed by atoms with Crippen molar-refractivity contribution >= 4 is 61.1 Å². The fourth-order valence-corrected chi connectivity index (χ4v) is 6.76. The topological polar surface area (TPSA) is 102 Å². The number of rotatable bonds is 4. The van der Waals surface area contributed by atoms with Crippen LogP contribution in [0.1, 0.15) is 50.3 Å². The molecular formula is C22H17BrF3N5O2S2. The molecule has 0 aliphatic heterocycles. The summed E-state index contributed by atoms with van der Waals surface area (Å²) >= 11 is 5.72. The lowest BCUT2D eigenvalue weighted by Gasteiger charge is -2.18. The summed E-state index contributed by atoms with van der Waals surface area (Å²) in [6.45, 7) is 2.11. The molecule has 0 bridgehead atoms. The predicted octanol–water partition coefficient (Wildman–Crippen LogP) is 5.78. The first-order chi connectivity index (χ1) is 16.5. The number of thiophene rings is 2. The van der Waals surface area contributed by atoms with Gasteiger partial charge in [-0.3, -0.25) is 9.59 Å². The first kappa shape index (κ1) is 23.9. The standard InChI is InChI=1S/C22H17BrF3N5O2S2/c1-9-4-5-10-13(7-9)35-21(15(10)18(27)32)29-20(33)17-16(23)19-28-11(12-3-2-6-34-12)8-14(22(24,25)26)31(19)30-17/h2-3,6,8-9H,4-5,7H2,1H3,(H2,27,32)(H,29,33)/t9-/m0/s1. The number of anilines is 1. The van der Waals surface area contributed by atoms with Crippen molar-refractivity contribution in [1.29, 1.82) is 0 Å². The molecule has 1 aliphatic rings. The molecule has 0 radical (unpaired) electrons. The van der Waals surface area contributed by atoms with E-state index in [0.717, 1.165) is 29.3 Å². The van der Waals surface area contributed by atoms with Crippen LogP contribution >= 0.6 is 38.6 Å². The van der Waals surface area contributed by atoms with Gasteiger partial charge in [-0.15, -0.1) is 22.7 Å². The van der Waals surface area contributed by atoms with Crippen LogP contribution in [0.3, 0.4) is 0 Å². The molecule has 0 aromatic carbocycles. The molecule has 2 amide bonds. The monoisotopic (exact) mass is 583 g/mol. The summed E-state index contributed by atoms with van der Waals surface area (Å²) in [7, 11) is 0. The second kappa shape index (κ2) is 8.71. The maximum Gasteiger partial charge on any atom is 0.433 e. The molecule has 4 heterocycles. The Balaban J connectivity index is 1.59. The van der Waals surface area contributed by atoms with Gasteiger partial charge in [-0.05, 0) is 64.2 Å². The lowest BCUT2D eigenvalue weighted by atomic mass is 9.88. The van der Waals surface area contributed by atoms with Gasteiger partial charge in [0.2, 0.25) is 0 Å². The van der Waals surface area contributed by atoms with Gasteiger partial charge in [0, 0.05) is 4.88 Å². The van der Waals surface area contributed by atoms with E-state index in [1.54, 1.807) is 17.5 Å². The largest absolute Gasteiger partial charge is 0.433 e. The molecule has 0 spiro atoms. The van der Waals surface area contributed by atoms with Crippen molar-refractivity contribution in [3.05, 3.63) is 55.4 Å². The van der Waals surface area contributed by atoms with E-state index in [-0.39, 0.29) is 32.1 Å². The molecule has 4 aromatic rings. The number of nitrogens with two attached hydrogens (primary N) is 1. The lowest BCUT2D eigenvalue weighted by Crippen LogP contribution is -2.20. The number of nitrogens with zero attached hydrogens (tertiary/aromatic N) is 3. The molecule has 0 fully saturated rings. The van der Waals surface area contributed by atoms with Crippen molar-refractivity contribution < 1.29 is 22.8 Å². The van der Waals surface area contributed by atoms with Crippen molar-refractivity contribution in [2.45, 2.75) is 32.4 Å². The highest BCUT2D eigenvalue weighted by atomic mass is 79.9. The molecule has 0 unspecified atom stereocenters. The molecule has 13 heteroatoms.